The Morgan fingerprint density at radius 3 is 2.91 bits per heavy atom. The van der Waals surface area contributed by atoms with Gasteiger partial charge >= 0.3 is 5.97 Å². The molecular formula is C20H20N6O5S3. The van der Waals surface area contributed by atoms with Crippen molar-refractivity contribution >= 4 is 63.5 Å². The van der Waals surface area contributed by atoms with Crippen LogP contribution in [-0.4, -0.2) is 73.5 Å². The Morgan fingerprint density at radius 2 is 2.26 bits per heavy atom. The largest absolute Gasteiger partial charge is 0.477 e. The highest BCUT2D eigenvalue weighted by Crippen LogP contribution is 2.41. The van der Waals surface area contributed by atoms with Crippen LogP contribution in [0.3, 0.4) is 0 Å². The van der Waals surface area contributed by atoms with Crippen molar-refractivity contribution in [2.24, 2.45) is 5.16 Å². The van der Waals surface area contributed by atoms with Gasteiger partial charge in [0.2, 0.25) is 0 Å². The van der Waals surface area contributed by atoms with Gasteiger partial charge in [-0.1, -0.05) is 11.2 Å². The number of β-lactam (4-membered cyclic amide) rings is 1. The minimum Gasteiger partial charge on any atom is -0.477 e. The molecular weight excluding hydrogens is 500 g/mol. The zero-order valence-corrected chi connectivity index (χ0v) is 20.3. The van der Waals surface area contributed by atoms with Gasteiger partial charge in [-0.25, -0.2) is 14.8 Å². The number of fused-ring (bicyclic) bond motifs is 1. The molecule has 2 aliphatic heterocycles. The van der Waals surface area contributed by atoms with Gasteiger partial charge in [0.25, 0.3) is 11.8 Å². The van der Waals surface area contributed by atoms with Crippen LogP contribution in [0.4, 0.5) is 5.13 Å². The second-order valence-corrected chi connectivity index (χ2v) is 10.2. The van der Waals surface area contributed by atoms with Crippen molar-refractivity contribution in [3.8, 4) is 0 Å². The number of amides is 2. The molecule has 178 valence electrons. The second-order valence-electron chi connectivity index (χ2n) is 7.08. The van der Waals surface area contributed by atoms with Crippen LogP contribution in [0.2, 0.25) is 0 Å². The van der Waals surface area contributed by atoms with Crippen LogP contribution in [0.15, 0.2) is 51.2 Å². The van der Waals surface area contributed by atoms with Crippen molar-refractivity contribution in [3.05, 3.63) is 46.7 Å². The molecule has 2 aromatic rings. The predicted molar refractivity (Wildman–Crippen MR) is 129 cm³/mol. The number of nitrogens with zero attached hydrogens (tertiary/aromatic N) is 4. The van der Waals surface area contributed by atoms with Gasteiger partial charge in [-0.15, -0.1) is 34.9 Å². The first-order chi connectivity index (χ1) is 16.4. The number of carbonyl (C=O) groups excluding carboxylic acids is 2. The summed E-state index contributed by atoms with van der Waals surface area (Å²) in [7, 11) is 1.29. The van der Waals surface area contributed by atoms with E-state index in [1.54, 1.807) is 11.6 Å². The van der Waals surface area contributed by atoms with E-state index in [1.807, 2.05) is 18.2 Å². The van der Waals surface area contributed by atoms with Gasteiger partial charge in [-0.2, -0.15) is 0 Å². The number of nitrogen functional groups attached to an aromatic ring is 1. The smallest absolute Gasteiger partial charge is 0.352 e. The number of hydrogen-bond donors (Lipinski definition) is 3. The molecule has 0 radical (unpaired) electrons. The molecule has 1 fully saturated rings. The number of aliphatic carboxylic acids is 1. The SMILES string of the molecule is CO/N=C(\C(=O)N[C@@H]1C(=O)N2C(C(=O)O)=C(CCSc3ccccn3)CS[C@H]12)c1csc(N)n1. The van der Waals surface area contributed by atoms with Crippen molar-refractivity contribution in [2.75, 3.05) is 24.3 Å². The summed E-state index contributed by atoms with van der Waals surface area (Å²) in [6, 6.07) is 4.70. The fraction of sp³-hybridized carbons (Fsp3) is 0.300. The van der Waals surface area contributed by atoms with Gasteiger partial charge in [-0.3, -0.25) is 14.5 Å². The number of oxime groups is 1. The molecule has 0 aliphatic carbocycles. The Hall–Kier alpha value is -3.10. The maximum Gasteiger partial charge on any atom is 0.352 e. The third kappa shape index (κ3) is 4.88. The Labute approximate surface area is 206 Å². The fourth-order valence-electron chi connectivity index (χ4n) is 3.49. The monoisotopic (exact) mass is 520 g/mol. The average molecular weight is 521 g/mol. The Bertz CT molecular complexity index is 1170. The van der Waals surface area contributed by atoms with E-state index < -0.39 is 29.2 Å². The molecule has 4 N–H and O–H groups in total. The molecule has 0 spiro atoms. The van der Waals surface area contributed by atoms with Crippen molar-refractivity contribution in [1.82, 2.24) is 20.2 Å². The highest BCUT2D eigenvalue weighted by Gasteiger charge is 2.54. The average Bonchev–Trinajstić information content (AvgIpc) is 3.26. The number of carbonyl (C=O) groups is 3. The molecule has 11 nitrogen and oxygen atoms in total. The summed E-state index contributed by atoms with van der Waals surface area (Å²) in [4.78, 5) is 52.0. The van der Waals surface area contributed by atoms with Crippen LogP contribution in [0.5, 0.6) is 0 Å². The molecule has 2 aliphatic rings. The number of nitrogens with one attached hydrogen (secondary N) is 1. The normalized spacial score (nSPS) is 20.0. The minimum absolute atomic E-state index is 0.0149. The lowest BCUT2D eigenvalue weighted by Gasteiger charge is -2.49. The summed E-state index contributed by atoms with van der Waals surface area (Å²) in [5.74, 6) is -1.26. The third-order valence-corrected chi connectivity index (χ3v) is 7.95. The molecule has 2 aromatic heterocycles. The molecule has 4 heterocycles. The van der Waals surface area contributed by atoms with E-state index in [-0.39, 0.29) is 22.2 Å². The van der Waals surface area contributed by atoms with Crippen molar-refractivity contribution < 1.29 is 24.3 Å². The van der Waals surface area contributed by atoms with Crippen molar-refractivity contribution in [2.45, 2.75) is 22.9 Å². The highest BCUT2D eigenvalue weighted by molar-refractivity contribution is 8.00. The van der Waals surface area contributed by atoms with Crippen LogP contribution in [-0.2, 0) is 19.2 Å². The number of carboxylic acids is 1. The minimum atomic E-state index is -1.17. The maximum absolute atomic E-state index is 12.9. The number of anilines is 1. The number of rotatable bonds is 9. The third-order valence-electron chi connectivity index (χ3n) is 4.99. The van der Waals surface area contributed by atoms with Crippen molar-refractivity contribution in [1.29, 1.82) is 0 Å². The fourth-order valence-corrected chi connectivity index (χ4v) is 6.29. The quantitative estimate of drug-likeness (QED) is 0.191. The zero-order chi connectivity index (χ0) is 24.2. The standard InChI is InChI=1S/C20H20N6O5S3/c1-31-25-13(11-9-34-20(21)23-11)16(27)24-14-17(28)26-15(19(29)30)10(8-33-18(14)26)5-7-32-12-4-2-3-6-22-12/h2-4,6,9,14,18H,5,7-8H2,1H3,(H2,21,23)(H,24,27)(H,29,30)/b25-13-/t14-,18-/m1/s1. The molecule has 4 rings (SSSR count). The molecule has 1 saturated heterocycles. The van der Waals surface area contributed by atoms with Crippen LogP contribution in [0, 0.1) is 0 Å². The van der Waals surface area contributed by atoms with Crippen molar-refractivity contribution in [3.63, 3.8) is 0 Å². The molecule has 0 aromatic carbocycles. The van der Waals surface area contributed by atoms with E-state index >= 15 is 0 Å². The van der Waals surface area contributed by atoms with E-state index in [2.05, 4.69) is 20.4 Å². The van der Waals surface area contributed by atoms with Gasteiger partial charge in [0.15, 0.2) is 10.8 Å². The number of pyridine rings is 1. The molecule has 0 saturated carbocycles. The summed E-state index contributed by atoms with van der Waals surface area (Å²) in [5.41, 5.74) is 6.40. The number of nitrogens with two attached hydrogens (primary N) is 1. The van der Waals surface area contributed by atoms with Gasteiger partial charge < -0.3 is 21.0 Å². The number of aromatic nitrogens is 2. The molecule has 2 amide bonds. The van der Waals surface area contributed by atoms with Crippen LogP contribution >= 0.6 is 34.9 Å². The second kappa shape index (κ2) is 10.4. The van der Waals surface area contributed by atoms with E-state index in [9.17, 15) is 19.5 Å². The summed E-state index contributed by atoms with van der Waals surface area (Å²) < 4.78 is 0. The van der Waals surface area contributed by atoms with Crippen LogP contribution in [0.1, 0.15) is 12.1 Å². The Kier molecular flexibility index (Phi) is 7.38. The Morgan fingerprint density at radius 1 is 1.44 bits per heavy atom. The number of thiazole rings is 1. The van der Waals surface area contributed by atoms with E-state index in [0.29, 0.717) is 23.5 Å². The molecule has 0 unspecified atom stereocenters. The van der Waals surface area contributed by atoms with Gasteiger partial charge in [-0.05, 0) is 24.1 Å². The summed E-state index contributed by atoms with van der Waals surface area (Å²) in [5, 5.41) is 18.3. The molecule has 0 bridgehead atoms. The van der Waals surface area contributed by atoms with E-state index in [1.165, 1.54) is 35.5 Å². The summed E-state index contributed by atoms with van der Waals surface area (Å²) in [6.07, 6.45) is 2.20. The maximum atomic E-state index is 12.9. The summed E-state index contributed by atoms with van der Waals surface area (Å²) >= 11 is 4.06. The first-order valence-corrected chi connectivity index (χ1v) is 12.9. The Balaban J connectivity index is 1.45. The topological polar surface area (TPSA) is 160 Å². The van der Waals surface area contributed by atoms with E-state index in [4.69, 9.17) is 10.6 Å². The number of hydrogen-bond acceptors (Lipinski definition) is 11. The molecule has 2 atom stereocenters. The van der Waals surface area contributed by atoms with Gasteiger partial charge in [0.05, 0.1) is 5.03 Å². The molecule has 34 heavy (non-hydrogen) atoms. The first-order valence-electron chi connectivity index (χ1n) is 9.98. The highest BCUT2D eigenvalue weighted by atomic mass is 32.2. The zero-order valence-electron chi connectivity index (χ0n) is 17.8. The lowest BCUT2D eigenvalue weighted by Crippen LogP contribution is -2.71. The number of carboxylic acid groups (broad SMARTS) is 1. The lowest BCUT2D eigenvalue weighted by atomic mass is 10.0. The van der Waals surface area contributed by atoms with E-state index in [0.717, 1.165) is 16.4 Å². The van der Waals surface area contributed by atoms with Gasteiger partial charge in [0, 0.05) is 23.1 Å². The predicted octanol–water partition coefficient (Wildman–Crippen LogP) is 1.39. The first kappa shape index (κ1) is 24.0. The number of thioether (sulfide) groups is 2. The molecule has 14 heteroatoms. The lowest BCUT2D eigenvalue weighted by molar-refractivity contribution is -0.150. The van der Waals surface area contributed by atoms with Crippen LogP contribution < -0.4 is 11.1 Å². The van der Waals surface area contributed by atoms with Gasteiger partial charge in [0.1, 0.15) is 29.9 Å². The summed E-state index contributed by atoms with van der Waals surface area (Å²) in [6.45, 7) is 0. The van der Waals surface area contributed by atoms with Crippen LogP contribution in [0.25, 0.3) is 0 Å².